The third kappa shape index (κ3) is 3.60. The van der Waals surface area contributed by atoms with Crippen LogP contribution in [0.4, 0.5) is 5.82 Å². The van der Waals surface area contributed by atoms with Gasteiger partial charge in [-0.3, -0.25) is 4.79 Å². The Kier molecular flexibility index (Phi) is 4.30. The number of nitrogens with one attached hydrogen (secondary N) is 1. The van der Waals surface area contributed by atoms with Gasteiger partial charge in [-0.25, -0.2) is 4.98 Å². The monoisotopic (exact) mass is 281 g/mol. The van der Waals surface area contributed by atoms with Gasteiger partial charge in [-0.2, -0.15) is 0 Å². The average Bonchev–Trinajstić information content (AvgIpc) is 3.03. The van der Waals surface area contributed by atoms with Crippen molar-refractivity contribution in [1.29, 1.82) is 0 Å². The topological polar surface area (TPSA) is 45.2 Å². The van der Waals surface area contributed by atoms with Crippen LogP contribution in [0.25, 0.3) is 0 Å². The molecule has 0 bridgehead atoms. The Morgan fingerprint density at radius 1 is 1.58 bits per heavy atom. The van der Waals surface area contributed by atoms with Crippen LogP contribution in [0, 0.1) is 11.8 Å². The van der Waals surface area contributed by atoms with Gasteiger partial charge in [0, 0.05) is 25.7 Å². The second kappa shape index (κ2) is 5.78. The van der Waals surface area contributed by atoms with E-state index in [0.29, 0.717) is 22.5 Å². The van der Waals surface area contributed by atoms with Gasteiger partial charge in [-0.05, 0) is 37.3 Å². The molecule has 0 aliphatic heterocycles. The van der Waals surface area contributed by atoms with Crippen molar-refractivity contribution in [1.82, 2.24) is 9.88 Å². The molecule has 2 unspecified atom stereocenters. The van der Waals surface area contributed by atoms with Crippen molar-refractivity contribution in [3.05, 3.63) is 22.8 Å². The molecule has 1 fully saturated rings. The van der Waals surface area contributed by atoms with Crippen LogP contribution in [0.3, 0.4) is 0 Å². The second-order valence-electron chi connectivity index (χ2n) is 5.25. The Hall–Kier alpha value is -1.29. The predicted molar refractivity (Wildman–Crippen MR) is 77.6 cm³/mol. The summed E-state index contributed by atoms with van der Waals surface area (Å²) in [4.78, 5) is 18.2. The minimum atomic E-state index is 0.00236. The first-order valence-corrected chi connectivity index (χ1v) is 7.06. The second-order valence-corrected chi connectivity index (χ2v) is 5.64. The maximum absolute atomic E-state index is 12.3. The van der Waals surface area contributed by atoms with Gasteiger partial charge in [-0.1, -0.05) is 18.5 Å². The van der Waals surface area contributed by atoms with E-state index in [1.807, 2.05) is 14.0 Å². The van der Waals surface area contributed by atoms with Gasteiger partial charge in [0.1, 0.15) is 11.0 Å². The smallest absolute Gasteiger partial charge is 0.253 e. The number of halogens is 1. The van der Waals surface area contributed by atoms with Crippen molar-refractivity contribution >= 4 is 23.3 Å². The molecule has 1 saturated carbocycles. The number of amides is 1. The minimum absolute atomic E-state index is 0.00236. The number of anilines is 1. The van der Waals surface area contributed by atoms with E-state index in [4.69, 9.17) is 11.6 Å². The van der Waals surface area contributed by atoms with Gasteiger partial charge in [0.05, 0.1) is 0 Å². The zero-order valence-electron chi connectivity index (χ0n) is 11.6. The van der Waals surface area contributed by atoms with E-state index in [1.54, 1.807) is 17.0 Å². The number of carbonyl (C=O) groups is 1. The molecule has 2 rings (SSSR count). The van der Waals surface area contributed by atoms with Crippen LogP contribution in [-0.4, -0.2) is 35.9 Å². The maximum Gasteiger partial charge on any atom is 0.253 e. The van der Waals surface area contributed by atoms with E-state index in [2.05, 4.69) is 17.2 Å². The lowest BCUT2D eigenvalue weighted by molar-refractivity contribution is 0.0787. The highest BCUT2D eigenvalue weighted by Gasteiger charge is 2.34. The highest BCUT2D eigenvalue weighted by atomic mass is 35.5. The number of pyridine rings is 1. The molecule has 0 aromatic carbocycles. The van der Waals surface area contributed by atoms with Crippen LogP contribution < -0.4 is 5.32 Å². The van der Waals surface area contributed by atoms with Gasteiger partial charge >= 0.3 is 0 Å². The number of hydrogen-bond acceptors (Lipinski definition) is 3. The number of hydrogen-bond donors (Lipinski definition) is 1. The van der Waals surface area contributed by atoms with E-state index >= 15 is 0 Å². The molecule has 1 aromatic rings. The maximum atomic E-state index is 12.3. The molecule has 4 nitrogen and oxygen atoms in total. The van der Waals surface area contributed by atoms with E-state index in [0.717, 1.165) is 19.0 Å². The molecule has 1 aliphatic rings. The molecule has 0 spiro atoms. The standard InChI is InChI=1S/C14H20ClN3O/c1-4-16-13-7-10(6-12(15)17-13)14(19)18(3)8-11-5-9(11)2/h6-7,9,11H,4-5,8H2,1-3H3,(H,16,17). The molecule has 1 N–H and O–H groups in total. The highest BCUT2D eigenvalue weighted by molar-refractivity contribution is 6.29. The van der Waals surface area contributed by atoms with Crippen LogP contribution in [-0.2, 0) is 0 Å². The molecule has 1 aromatic heterocycles. The van der Waals surface area contributed by atoms with Crippen molar-refractivity contribution in [2.75, 3.05) is 25.5 Å². The quantitative estimate of drug-likeness (QED) is 0.844. The third-order valence-electron chi connectivity index (χ3n) is 3.53. The fraction of sp³-hybridized carbons (Fsp3) is 0.571. The number of nitrogens with zero attached hydrogens (tertiary/aromatic N) is 2. The molecule has 0 radical (unpaired) electrons. The van der Waals surface area contributed by atoms with Crippen molar-refractivity contribution in [2.24, 2.45) is 11.8 Å². The summed E-state index contributed by atoms with van der Waals surface area (Å²) in [5.74, 6) is 2.04. The summed E-state index contributed by atoms with van der Waals surface area (Å²) in [6.07, 6.45) is 1.22. The Morgan fingerprint density at radius 2 is 2.26 bits per heavy atom. The van der Waals surface area contributed by atoms with Crippen molar-refractivity contribution < 1.29 is 4.79 Å². The normalized spacial score (nSPS) is 21.1. The Labute approximate surface area is 119 Å². The number of carbonyl (C=O) groups excluding carboxylic acids is 1. The zero-order valence-corrected chi connectivity index (χ0v) is 12.4. The highest BCUT2D eigenvalue weighted by Crippen LogP contribution is 2.38. The fourth-order valence-corrected chi connectivity index (χ4v) is 2.41. The van der Waals surface area contributed by atoms with Crippen LogP contribution in [0.5, 0.6) is 0 Å². The Bertz CT molecular complexity index is 478. The first kappa shape index (κ1) is 14.1. The van der Waals surface area contributed by atoms with Crippen molar-refractivity contribution in [3.63, 3.8) is 0 Å². The minimum Gasteiger partial charge on any atom is -0.370 e. The molecule has 1 heterocycles. The fourth-order valence-electron chi connectivity index (χ4n) is 2.20. The summed E-state index contributed by atoms with van der Waals surface area (Å²) in [5.41, 5.74) is 0.590. The molecular weight excluding hydrogens is 262 g/mol. The summed E-state index contributed by atoms with van der Waals surface area (Å²) in [6.45, 7) is 5.76. The summed E-state index contributed by atoms with van der Waals surface area (Å²) in [6, 6.07) is 3.38. The van der Waals surface area contributed by atoms with E-state index < -0.39 is 0 Å². The Morgan fingerprint density at radius 3 is 2.84 bits per heavy atom. The predicted octanol–water partition coefficient (Wildman–Crippen LogP) is 2.89. The van der Waals surface area contributed by atoms with Gasteiger partial charge in [-0.15, -0.1) is 0 Å². The van der Waals surface area contributed by atoms with Crippen LogP contribution in [0.2, 0.25) is 5.15 Å². The molecule has 2 atom stereocenters. The molecule has 5 heteroatoms. The third-order valence-corrected chi connectivity index (χ3v) is 3.72. The molecule has 1 aliphatic carbocycles. The van der Waals surface area contributed by atoms with Crippen molar-refractivity contribution in [2.45, 2.75) is 20.3 Å². The lowest BCUT2D eigenvalue weighted by Gasteiger charge is -2.17. The molecular formula is C14H20ClN3O. The van der Waals surface area contributed by atoms with Crippen LogP contribution >= 0.6 is 11.6 Å². The molecule has 1 amide bonds. The van der Waals surface area contributed by atoms with Crippen molar-refractivity contribution in [3.8, 4) is 0 Å². The van der Waals surface area contributed by atoms with Gasteiger partial charge in [0.25, 0.3) is 5.91 Å². The summed E-state index contributed by atoms with van der Waals surface area (Å²) in [7, 11) is 1.84. The number of aromatic nitrogens is 1. The Balaban J connectivity index is 2.08. The van der Waals surface area contributed by atoms with E-state index in [9.17, 15) is 4.79 Å². The lowest BCUT2D eigenvalue weighted by Crippen LogP contribution is -2.29. The largest absolute Gasteiger partial charge is 0.370 e. The summed E-state index contributed by atoms with van der Waals surface area (Å²) in [5, 5.41) is 3.42. The zero-order chi connectivity index (χ0) is 14.0. The first-order chi connectivity index (χ1) is 9.01. The SMILES string of the molecule is CCNc1cc(C(=O)N(C)CC2CC2C)cc(Cl)n1. The van der Waals surface area contributed by atoms with Crippen LogP contribution in [0.1, 0.15) is 30.6 Å². The first-order valence-electron chi connectivity index (χ1n) is 6.68. The van der Waals surface area contributed by atoms with Crippen LogP contribution in [0.15, 0.2) is 12.1 Å². The molecule has 104 valence electrons. The summed E-state index contributed by atoms with van der Waals surface area (Å²) >= 11 is 5.95. The van der Waals surface area contributed by atoms with E-state index in [1.165, 1.54) is 6.42 Å². The summed E-state index contributed by atoms with van der Waals surface area (Å²) < 4.78 is 0. The van der Waals surface area contributed by atoms with Gasteiger partial charge in [0.2, 0.25) is 0 Å². The average molecular weight is 282 g/mol. The van der Waals surface area contributed by atoms with E-state index in [-0.39, 0.29) is 5.91 Å². The number of rotatable bonds is 5. The van der Waals surface area contributed by atoms with Gasteiger partial charge in [0.15, 0.2) is 0 Å². The molecule has 19 heavy (non-hydrogen) atoms. The lowest BCUT2D eigenvalue weighted by atomic mass is 10.2. The molecule has 0 saturated heterocycles. The van der Waals surface area contributed by atoms with Gasteiger partial charge < -0.3 is 10.2 Å².